The van der Waals surface area contributed by atoms with Crippen LogP contribution >= 0.6 is 0 Å². The zero-order valence-electron chi connectivity index (χ0n) is 20.5. The summed E-state index contributed by atoms with van der Waals surface area (Å²) in [6, 6.07) is 11.9. The first kappa shape index (κ1) is 22.3. The van der Waals surface area contributed by atoms with Crippen LogP contribution in [0.4, 0.5) is 15.9 Å². The van der Waals surface area contributed by atoms with Crippen molar-refractivity contribution < 1.29 is 14.0 Å². The molecule has 2 aromatic carbocycles. The first-order valence-electron chi connectivity index (χ1n) is 12.1. The lowest BCUT2D eigenvalue weighted by Crippen LogP contribution is -2.46. The van der Waals surface area contributed by atoms with E-state index in [2.05, 4.69) is 25.3 Å². The molecule has 1 spiro atoms. The van der Waals surface area contributed by atoms with Crippen molar-refractivity contribution in [3.05, 3.63) is 88.9 Å². The number of hydrogen-bond acceptors (Lipinski definition) is 6. The molecule has 2 aliphatic rings. The Labute approximate surface area is 215 Å². The molecule has 11 heteroatoms. The Bertz CT molecular complexity index is 1790. The molecule has 2 amide bonds. The first-order chi connectivity index (χ1) is 18.4. The molecule has 3 aromatic heterocycles. The normalized spacial score (nSPS) is 18.2. The molecule has 7 rings (SSSR count). The van der Waals surface area contributed by atoms with Gasteiger partial charge < -0.3 is 15.2 Å². The van der Waals surface area contributed by atoms with Crippen LogP contribution < -0.4 is 10.2 Å². The number of nitrogens with zero attached hydrogens (tertiary/aromatic N) is 6. The Kier molecular flexibility index (Phi) is 4.56. The van der Waals surface area contributed by atoms with Crippen molar-refractivity contribution in [2.45, 2.75) is 32.2 Å². The van der Waals surface area contributed by atoms with Gasteiger partial charge in [-0.25, -0.2) is 19.3 Å². The third-order valence-electron chi connectivity index (χ3n) is 7.34. The maximum atomic E-state index is 14.5. The van der Waals surface area contributed by atoms with E-state index in [1.54, 1.807) is 17.0 Å². The molecule has 38 heavy (non-hydrogen) atoms. The lowest BCUT2D eigenvalue weighted by Gasteiger charge is -2.33. The number of aromatic amines is 1. The molecule has 10 nitrogen and oxygen atoms in total. The summed E-state index contributed by atoms with van der Waals surface area (Å²) in [6.07, 6.45) is 2.83. The second kappa shape index (κ2) is 7.78. The van der Waals surface area contributed by atoms with E-state index in [-0.39, 0.29) is 30.6 Å². The van der Waals surface area contributed by atoms with E-state index < -0.39 is 5.41 Å². The summed E-state index contributed by atoms with van der Waals surface area (Å²) in [7, 11) is 0. The molecule has 0 fully saturated rings. The van der Waals surface area contributed by atoms with Gasteiger partial charge in [0.25, 0.3) is 0 Å². The first-order valence-corrected chi connectivity index (χ1v) is 12.1. The highest BCUT2D eigenvalue weighted by molar-refractivity contribution is 6.16. The molecule has 2 N–H and O–H groups in total. The van der Waals surface area contributed by atoms with E-state index in [1.807, 2.05) is 32.0 Å². The Morgan fingerprint density at radius 2 is 1.87 bits per heavy atom. The number of benzene rings is 2. The summed E-state index contributed by atoms with van der Waals surface area (Å²) < 4.78 is 15.1. The van der Waals surface area contributed by atoms with E-state index in [1.165, 1.54) is 29.5 Å². The van der Waals surface area contributed by atoms with Crippen molar-refractivity contribution in [2.75, 3.05) is 10.2 Å². The van der Waals surface area contributed by atoms with E-state index in [0.717, 1.165) is 22.4 Å². The number of imidazole rings is 1. The summed E-state index contributed by atoms with van der Waals surface area (Å²) in [4.78, 5) is 45.3. The van der Waals surface area contributed by atoms with Crippen LogP contribution in [0.2, 0.25) is 0 Å². The van der Waals surface area contributed by atoms with Gasteiger partial charge in [-0.3, -0.25) is 9.59 Å². The molecule has 2 aliphatic heterocycles. The summed E-state index contributed by atoms with van der Waals surface area (Å²) in [5, 5.41) is 7.69. The number of hydrogen-bond donors (Lipinski definition) is 2. The van der Waals surface area contributed by atoms with Gasteiger partial charge in [-0.05, 0) is 43.2 Å². The number of carbonyl (C=O) groups excluding carboxylic acids is 2. The number of H-pyrrole nitrogens is 1. The molecular weight excluding hydrogens is 487 g/mol. The molecule has 0 bridgehead atoms. The number of carbonyl (C=O) groups is 2. The van der Waals surface area contributed by atoms with Crippen molar-refractivity contribution in [1.82, 2.24) is 29.7 Å². The zero-order chi connectivity index (χ0) is 26.2. The Hall–Kier alpha value is -4.93. The lowest BCUT2D eigenvalue weighted by atomic mass is 9.70. The molecule has 1 atom stereocenters. The van der Waals surface area contributed by atoms with Crippen LogP contribution in [0.3, 0.4) is 0 Å². The predicted molar refractivity (Wildman–Crippen MR) is 136 cm³/mol. The van der Waals surface area contributed by atoms with Gasteiger partial charge in [0.05, 0.1) is 18.6 Å². The molecule has 5 aromatic rings. The Balaban J connectivity index is 1.46. The minimum absolute atomic E-state index is 0.0645. The van der Waals surface area contributed by atoms with Crippen LogP contribution in [-0.2, 0) is 21.5 Å². The number of aromatic nitrogens is 6. The second-order valence-electron chi connectivity index (χ2n) is 9.69. The maximum absolute atomic E-state index is 14.5. The lowest BCUT2D eigenvalue weighted by molar-refractivity contribution is -0.126. The topological polar surface area (TPSA) is 122 Å². The summed E-state index contributed by atoms with van der Waals surface area (Å²) >= 11 is 0. The van der Waals surface area contributed by atoms with Gasteiger partial charge in [0.2, 0.25) is 11.8 Å². The van der Waals surface area contributed by atoms with Gasteiger partial charge >= 0.3 is 0 Å². The molecule has 5 heterocycles. The van der Waals surface area contributed by atoms with Crippen LogP contribution in [0.25, 0.3) is 17.0 Å². The predicted octanol–water partition coefficient (Wildman–Crippen LogP) is 3.47. The maximum Gasteiger partial charge on any atom is 0.243 e. The van der Waals surface area contributed by atoms with Crippen molar-refractivity contribution in [3.63, 3.8) is 0 Å². The van der Waals surface area contributed by atoms with Crippen LogP contribution in [0.5, 0.6) is 0 Å². The minimum atomic E-state index is -1.28. The highest BCUT2D eigenvalue weighted by Gasteiger charge is 2.58. The summed E-state index contributed by atoms with van der Waals surface area (Å²) in [5.74, 6) is -0.0830. The van der Waals surface area contributed by atoms with E-state index in [4.69, 9.17) is 5.10 Å². The third-order valence-corrected chi connectivity index (χ3v) is 7.34. The fraction of sp³-hybridized carbons (Fsp3) is 0.185. The van der Waals surface area contributed by atoms with E-state index in [9.17, 15) is 14.0 Å². The highest BCUT2D eigenvalue weighted by Crippen LogP contribution is 2.54. The molecule has 0 saturated heterocycles. The average Bonchev–Trinajstić information content (AvgIpc) is 3.57. The monoisotopic (exact) mass is 508 g/mol. The number of fused-ring (bicyclic) bond motifs is 5. The number of amides is 2. The van der Waals surface area contributed by atoms with E-state index in [0.29, 0.717) is 34.1 Å². The zero-order valence-corrected chi connectivity index (χ0v) is 20.5. The Morgan fingerprint density at radius 3 is 2.68 bits per heavy atom. The van der Waals surface area contributed by atoms with Gasteiger partial charge in [-0.15, -0.1) is 0 Å². The van der Waals surface area contributed by atoms with Gasteiger partial charge in [0.1, 0.15) is 28.9 Å². The molecule has 0 saturated carbocycles. The number of halogens is 1. The van der Waals surface area contributed by atoms with Crippen LogP contribution in [0.1, 0.15) is 34.4 Å². The van der Waals surface area contributed by atoms with Gasteiger partial charge in [0.15, 0.2) is 11.5 Å². The quantitative estimate of drug-likeness (QED) is 0.385. The average molecular weight is 509 g/mol. The van der Waals surface area contributed by atoms with Crippen LogP contribution in [-0.4, -0.2) is 41.5 Å². The SMILES string of the molecule is Cc1ccc2c(c1)[C@]1(CC(=O)Nc3c1c(C)nn3-c1ncnc3nc[nH]c13)C(=O)N2Cc1ccc(F)cc1. The number of aryl methyl sites for hydroxylation is 2. The number of anilines is 2. The highest BCUT2D eigenvalue weighted by atomic mass is 19.1. The van der Waals surface area contributed by atoms with Crippen molar-refractivity contribution in [3.8, 4) is 5.82 Å². The Morgan fingerprint density at radius 1 is 1.05 bits per heavy atom. The van der Waals surface area contributed by atoms with Crippen molar-refractivity contribution >= 4 is 34.5 Å². The molecule has 0 unspecified atom stereocenters. The molecule has 0 aliphatic carbocycles. The fourth-order valence-electron chi connectivity index (χ4n) is 5.75. The minimum Gasteiger partial charge on any atom is -0.340 e. The summed E-state index contributed by atoms with van der Waals surface area (Å²) in [5.41, 5.74) is 4.16. The second-order valence-corrected chi connectivity index (χ2v) is 9.69. The third kappa shape index (κ3) is 2.98. The largest absolute Gasteiger partial charge is 0.340 e. The fourth-order valence-corrected chi connectivity index (χ4v) is 5.75. The number of nitrogens with one attached hydrogen (secondary N) is 2. The molecular formula is C27H21FN8O2. The molecule has 188 valence electrons. The standard InChI is InChI=1S/C27H21FN8O2/c1-14-3-8-19-18(9-14)27(26(38)35(19)11-16-4-6-17(28)7-5-16)10-20(37)33-24-21(27)15(2)34-36(24)25-22-23(30-12-29-22)31-13-32-25/h3-9,12-13H,10-11H2,1-2H3,(H,33,37)(H,29,30,31,32)/t27-/m0/s1. The van der Waals surface area contributed by atoms with E-state index >= 15 is 0 Å². The van der Waals surface area contributed by atoms with Crippen molar-refractivity contribution in [1.29, 1.82) is 0 Å². The van der Waals surface area contributed by atoms with Gasteiger partial charge in [0, 0.05) is 17.7 Å². The molecule has 0 radical (unpaired) electrons. The van der Waals surface area contributed by atoms with Crippen LogP contribution in [0, 0.1) is 19.7 Å². The van der Waals surface area contributed by atoms with Crippen LogP contribution in [0.15, 0.2) is 55.1 Å². The summed E-state index contributed by atoms with van der Waals surface area (Å²) in [6.45, 7) is 4.02. The van der Waals surface area contributed by atoms with Gasteiger partial charge in [-0.1, -0.05) is 29.8 Å². The van der Waals surface area contributed by atoms with Gasteiger partial charge in [-0.2, -0.15) is 9.78 Å². The van der Waals surface area contributed by atoms with Crippen molar-refractivity contribution in [2.24, 2.45) is 0 Å². The smallest absolute Gasteiger partial charge is 0.243 e. The number of rotatable bonds is 3.